The van der Waals surface area contributed by atoms with Crippen LogP contribution in [-0.2, 0) is 4.79 Å². The van der Waals surface area contributed by atoms with Crippen molar-refractivity contribution in [1.29, 1.82) is 0 Å². The summed E-state index contributed by atoms with van der Waals surface area (Å²) in [6, 6.07) is 4.59. The third kappa shape index (κ3) is 3.86. The molecule has 0 radical (unpaired) electrons. The van der Waals surface area contributed by atoms with E-state index in [-0.39, 0.29) is 18.0 Å². The number of carbonyl (C=O) groups excluding carboxylic acids is 1. The van der Waals surface area contributed by atoms with Gasteiger partial charge >= 0.3 is 0 Å². The van der Waals surface area contributed by atoms with E-state index >= 15 is 0 Å². The quantitative estimate of drug-likeness (QED) is 0.866. The number of carbonyl (C=O) groups is 1. The minimum atomic E-state index is 0.167. The summed E-state index contributed by atoms with van der Waals surface area (Å²) >= 11 is 0. The molecule has 2 unspecified atom stereocenters. The number of nitrogens with zero attached hydrogens (tertiary/aromatic N) is 1. The lowest BCUT2D eigenvalue weighted by molar-refractivity contribution is -0.121. The van der Waals surface area contributed by atoms with Gasteiger partial charge in [-0.3, -0.25) is 9.69 Å². The number of furan rings is 1. The molecule has 2 fully saturated rings. The largest absolute Gasteiger partial charge is 0.468 e. The van der Waals surface area contributed by atoms with Crippen LogP contribution >= 0.6 is 0 Å². The molecule has 0 aliphatic carbocycles. The highest BCUT2D eigenvalue weighted by molar-refractivity contribution is 5.76. The molecule has 0 saturated carbocycles. The SMILES string of the molecule is O=C1CC(NCC(c2ccco2)N2CCCC2)CCCN1. The van der Waals surface area contributed by atoms with Gasteiger partial charge in [-0.2, -0.15) is 0 Å². The van der Waals surface area contributed by atoms with E-state index in [1.165, 1.54) is 12.8 Å². The maximum Gasteiger partial charge on any atom is 0.221 e. The first-order valence-corrected chi connectivity index (χ1v) is 8.10. The molecule has 5 nitrogen and oxygen atoms in total. The second-order valence-electron chi connectivity index (χ2n) is 6.08. The summed E-state index contributed by atoms with van der Waals surface area (Å²) in [7, 11) is 0. The Hall–Kier alpha value is -1.33. The molecule has 0 spiro atoms. The van der Waals surface area contributed by atoms with E-state index in [1.807, 2.05) is 6.07 Å². The molecule has 2 aliphatic heterocycles. The van der Waals surface area contributed by atoms with E-state index < -0.39 is 0 Å². The van der Waals surface area contributed by atoms with Crippen LogP contribution in [0.25, 0.3) is 0 Å². The Balaban J connectivity index is 1.60. The molecule has 1 amide bonds. The summed E-state index contributed by atoms with van der Waals surface area (Å²) < 4.78 is 5.63. The Morgan fingerprint density at radius 3 is 3.00 bits per heavy atom. The predicted octanol–water partition coefficient (Wildman–Crippen LogP) is 1.67. The molecule has 2 aliphatic rings. The van der Waals surface area contributed by atoms with Gasteiger partial charge in [-0.25, -0.2) is 0 Å². The number of hydrogen-bond acceptors (Lipinski definition) is 4. The first-order chi connectivity index (χ1) is 10.3. The monoisotopic (exact) mass is 291 g/mol. The van der Waals surface area contributed by atoms with E-state index in [0.29, 0.717) is 6.42 Å². The fraction of sp³-hybridized carbons (Fsp3) is 0.688. The highest BCUT2D eigenvalue weighted by Gasteiger charge is 2.26. The van der Waals surface area contributed by atoms with Crippen LogP contribution in [-0.4, -0.2) is 43.0 Å². The van der Waals surface area contributed by atoms with Crippen molar-refractivity contribution in [2.75, 3.05) is 26.2 Å². The van der Waals surface area contributed by atoms with Crippen LogP contribution < -0.4 is 10.6 Å². The lowest BCUT2D eigenvalue weighted by Crippen LogP contribution is -2.39. The number of hydrogen-bond donors (Lipinski definition) is 2. The van der Waals surface area contributed by atoms with Crippen molar-refractivity contribution in [1.82, 2.24) is 15.5 Å². The van der Waals surface area contributed by atoms with Gasteiger partial charge in [0.05, 0.1) is 12.3 Å². The third-order valence-electron chi connectivity index (χ3n) is 4.54. The van der Waals surface area contributed by atoms with Gasteiger partial charge in [0.15, 0.2) is 0 Å². The summed E-state index contributed by atoms with van der Waals surface area (Å²) in [5.74, 6) is 1.20. The molecule has 3 rings (SSSR count). The van der Waals surface area contributed by atoms with Crippen LogP contribution in [0, 0.1) is 0 Å². The normalized spacial score (nSPS) is 25.5. The second kappa shape index (κ2) is 7.09. The molecular weight excluding hydrogens is 266 g/mol. The topological polar surface area (TPSA) is 57.5 Å². The van der Waals surface area contributed by atoms with Crippen LogP contribution in [0.5, 0.6) is 0 Å². The van der Waals surface area contributed by atoms with Crippen molar-refractivity contribution in [3.05, 3.63) is 24.2 Å². The van der Waals surface area contributed by atoms with E-state index in [4.69, 9.17) is 4.42 Å². The van der Waals surface area contributed by atoms with Gasteiger partial charge in [0.2, 0.25) is 5.91 Å². The van der Waals surface area contributed by atoms with Gasteiger partial charge in [0, 0.05) is 25.6 Å². The number of amides is 1. The fourth-order valence-corrected chi connectivity index (χ4v) is 3.37. The van der Waals surface area contributed by atoms with Gasteiger partial charge < -0.3 is 15.1 Å². The van der Waals surface area contributed by atoms with Crippen LogP contribution in [0.15, 0.2) is 22.8 Å². The summed E-state index contributed by atoms with van der Waals surface area (Å²) in [5.41, 5.74) is 0. The molecule has 3 heterocycles. The molecule has 5 heteroatoms. The third-order valence-corrected chi connectivity index (χ3v) is 4.54. The Morgan fingerprint density at radius 1 is 1.38 bits per heavy atom. The van der Waals surface area contributed by atoms with E-state index in [2.05, 4.69) is 21.6 Å². The average Bonchev–Trinajstić information content (AvgIpc) is 3.14. The second-order valence-corrected chi connectivity index (χ2v) is 6.08. The molecule has 2 atom stereocenters. The van der Waals surface area contributed by atoms with Gasteiger partial charge in [-0.15, -0.1) is 0 Å². The van der Waals surface area contributed by atoms with Crippen LogP contribution in [0.2, 0.25) is 0 Å². The van der Waals surface area contributed by atoms with Crippen molar-refractivity contribution < 1.29 is 9.21 Å². The summed E-state index contributed by atoms with van der Waals surface area (Å²) in [6.45, 7) is 3.94. The molecule has 0 aromatic carbocycles. The van der Waals surface area contributed by atoms with Crippen LogP contribution in [0.4, 0.5) is 0 Å². The Labute approximate surface area is 126 Å². The Bertz CT molecular complexity index is 440. The van der Waals surface area contributed by atoms with Crippen LogP contribution in [0.1, 0.15) is 43.9 Å². The first-order valence-electron chi connectivity index (χ1n) is 8.10. The standard InChI is InChI=1S/C16H25N3O2/c20-16-11-13(5-3-7-17-16)18-12-14(15-6-4-10-21-15)19-8-1-2-9-19/h4,6,10,13-14,18H,1-3,5,7-9,11-12H2,(H,17,20). The highest BCUT2D eigenvalue weighted by atomic mass is 16.3. The minimum absolute atomic E-state index is 0.167. The molecule has 2 N–H and O–H groups in total. The first kappa shape index (κ1) is 14.6. The molecule has 116 valence electrons. The van der Waals surface area contributed by atoms with Crippen molar-refractivity contribution in [2.45, 2.75) is 44.2 Å². The number of likely N-dealkylation sites (tertiary alicyclic amines) is 1. The maximum atomic E-state index is 11.6. The molecule has 2 saturated heterocycles. The van der Waals surface area contributed by atoms with Crippen molar-refractivity contribution >= 4 is 5.91 Å². The van der Waals surface area contributed by atoms with Crippen molar-refractivity contribution in [2.24, 2.45) is 0 Å². The van der Waals surface area contributed by atoms with Crippen molar-refractivity contribution in [3.8, 4) is 0 Å². The van der Waals surface area contributed by atoms with E-state index in [0.717, 1.165) is 44.8 Å². The zero-order chi connectivity index (χ0) is 14.5. The molecule has 1 aromatic heterocycles. The molecule has 0 bridgehead atoms. The zero-order valence-corrected chi connectivity index (χ0v) is 12.5. The molecule has 21 heavy (non-hydrogen) atoms. The zero-order valence-electron chi connectivity index (χ0n) is 12.5. The summed E-state index contributed by atoms with van der Waals surface area (Å²) in [6.07, 6.45) is 6.98. The predicted molar refractivity (Wildman–Crippen MR) is 80.9 cm³/mol. The lowest BCUT2D eigenvalue weighted by Gasteiger charge is -2.28. The number of rotatable bonds is 5. The van der Waals surface area contributed by atoms with Gasteiger partial charge in [-0.1, -0.05) is 0 Å². The van der Waals surface area contributed by atoms with E-state index in [9.17, 15) is 4.79 Å². The van der Waals surface area contributed by atoms with Gasteiger partial charge in [0.1, 0.15) is 5.76 Å². The Morgan fingerprint density at radius 2 is 2.24 bits per heavy atom. The van der Waals surface area contributed by atoms with Gasteiger partial charge in [0.25, 0.3) is 0 Å². The van der Waals surface area contributed by atoms with E-state index in [1.54, 1.807) is 6.26 Å². The smallest absolute Gasteiger partial charge is 0.221 e. The molecule has 1 aromatic rings. The summed E-state index contributed by atoms with van der Waals surface area (Å²) in [5, 5.41) is 6.53. The maximum absolute atomic E-state index is 11.6. The molecular formula is C16H25N3O2. The van der Waals surface area contributed by atoms with Gasteiger partial charge in [-0.05, 0) is 50.9 Å². The lowest BCUT2D eigenvalue weighted by atomic mass is 10.1. The highest BCUT2D eigenvalue weighted by Crippen LogP contribution is 2.25. The summed E-state index contributed by atoms with van der Waals surface area (Å²) in [4.78, 5) is 14.1. The average molecular weight is 291 g/mol. The van der Waals surface area contributed by atoms with Crippen LogP contribution in [0.3, 0.4) is 0 Å². The van der Waals surface area contributed by atoms with Crippen molar-refractivity contribution in [3.63, 3.8) is 0 Å². The fourth-order valence-electron chi connectivity index (χ4n) is 3.37. The number of nitrogens with one attached hydrogen (secondary N) is 2. The Kier molecular flexibility index (Phi) is 4.93. The minimum Gasteiger partial charge on any atom is -0.468 e.